The van der Waals surface area contributed by atoms with Gasteiger partial charge in [-0.1, -0.05) is 303 Å². The Balaban J connectivity index is 0.817. The molecule has 528 valence electrons. The van der Waals surface area contributed by atoms with Gasteiger partial charge in [-0.25, -0.2) is 0 Å². The van der Waals surface area contributed by atoms with Crippen LogP contribution in [-0.2, 0) is 0 Å². The van der Waals surface area contributed by atoms with E-state index in [9.17, 15) is 0 Å². The van der Waals surface area contributed by atoms with Gasteiger partial charge in [0.1, 0.15) is 11.5 Å². The molecule has 1 fully saturated rings. The van der Waals surface area contributed by atoms with Gasteiger partial charge in [0, 0.05) is 90.2 Å². The van der Waals surface area contributed by atoms with Gasteiger partial charge in [0.25, 0.3) is 0 Å². The molecule has 0 radical (unpaired) electrons. The second-order valence-corrected chi connectivity index (χ2v) is 32.1. The van der Waals surface area contributed by atoms with Crippen LogP contribution in [0.1, 0.15) is 50.0 Å². The van der Waals surface area contributed by atoms with Crippen molar-refractivity contribution in [3.8, 4) is 56.0 Å². The van der Waals surface area contributed by atoms with Crippen LogP contribution in [0.5, 0.6) is 11.5 Å². The fourth-order valence-electron chi connectivity index (χ4n) is 20.0. The van der Waals surface area contributed by atoms with Gasteiger partial charge in [-0.15, -0.1) is 11.8 Å². The van der Waals surface area contributed by atoms with Crippen molar-refractivity contribution in [2.24, 2.45) is 11.8 Å². The lowest BCUT2D eigenvalue weighted by Gasteiger charge is -2.57. The third-order valence-electron chi connectivity index (χ3n) is 24.8. The van der Waals surface area contributed by atoms with E-state index < -0.39 is 0 Å². The van der Waals surface area contributed by atoms with Gasteiger partial charge >= 0.3 is 0 Å². The average molecular weight is 1430 g/mol. The number of hydrogen-bond acceptors (Lipinski definition) is 6. The van der Waals surface area contributed by atoms with E-state index in [0.29, 0.717) is 11.8 Å². The summed E-state index contributed by atoms with van der Waals surface area (Å²) in [7, 11) is 0. The number of para-hydroxylation sites is 6. The van der Waals surface area contributed by atoms with E-state index in [1.54, 1.807) is 0 Å². The average Bonchev–Trinajstić information content (AvgIpc) is 0.685. The van der Waals surface area contributed by atoms with Crippen molar-refractivity contribution >= 4 is 81.4 Å². The summed E-state index contributed by atoms with van der Waals surface area (Å²) in [5.41, 5.74) is 28.0. The number of nitrogens with zero attached hydrogens (tertiary/aromatic N) is 4. The number of rotatable bonds is 14. The molecular weight excluding hydrogens is 1350 g/mol. The van der Waals surface area contributed by atoms with Crippen LogP contribution in [0.3, 0.4) is 0 Å². The largest absolute Gasteiger partial charge is 0.458 e. The maximum atomic E-state index is 7.45. The third kappa shape index (κ3) is 11.6. The number of ether oxygens (including phenoxy) is 1. The van der Waals surface area contributed by atoms with Gasteiger partial charge in [-0.3, -0.25) is 0 Å². The molecule has 8 unspecified atom stereocenters. The molecule has 0 N–H and O–H groups in total. The molecule has 0 aromatic heterocycles. The molecule has 12 aromatic rings. The summed E-state index contributed by atoms with van der Waals surface area (Å²) in [4.78, 5) is 12.1. The minimum Gasteiger partial charge on any atom is -0.458 e. The maximum Gasteiger partial charge on any atom is 0.228 e. The van der Waals surface area contributed by atoms with Crippen LogP contribution in [0, 0.1) is 11.8 Å². The molecule has 8 atom stereocenters. The van der Waals surface area contributed by atoms with E-state index in [0.717, 1.165) is 53.5 Å². The summed E-state index contributed by atoms with van der Waals surface area (Å²) in [6, 6.07) is 113. The van der Waals surface area contributed by atoms with Crippen LogP contribution < -0.4 is 40.7 Å². The van der Waals surface area contributed by atoms with E-state index in [-0.39, 0.29) is 48.3 Å². The molecule has 4 heterocycles. The van der Waals surface area contributed by atoms with Crippen LogP contribution >= 0.6 is 11.8 Å². The lowest BCUT2D eigenvalue weighted by atomic mass is 9.25. The van der Waals surface area contributed by atoms with Crippen LogP contribution in [0.15, 0.2) is 404 Å². The Kier molecular flexibility index (Phi) is 17.0. The summed E-state index contributed by atoms with van der Waals surface area (Å²) >= 11 is 2.03. The first-order valence-electron chi connectivity index (χ1n) is 39.7. The smallest absolute Gasteiger partial charge is 0.228 e. The van der Waals surface area contributed by atoms with Gasteiger partial charge < -0.3 is 24.3 Å². The molecule has 5 nitrogen and oxygen atoms in total. The molecule has 110 heavy (non-hydrogen) atoms. The number of thioether (sulfide) groups is 1. The standard InChI is InChI=1S/C102H82B2N4OS/c1-8-31-69(32-9-1)71-55-59-78(60-56-71)105(90-51-26-22-45-82(90)73-35-12-3-13-36-73)80-63-94-100-95(64-80)108(102-84(75-39-16-5-17-40-75)47-30-48-85(102)76-41-18-6-19-42-76)93-68-98-89(67-88(93)103(100)86-49-24-28-53-92(86)107(94)77-43-20-7-21-44-77)104-87-50-25-29-54-96(87)109-97-65-81(66-99(110-98)101(97)104)106(79-61-57-72(58-62-79)70-33-10-2-11-34-70)91-52-27-23-46-83(91)74-37-14-4-15-38-74/h2-8,10-31,33-37,39-55,57-59,61-69,71,74,78,89,95,98,100H,1,9,32,38,56,60H2. The third-order valence-corrected chi connectivity index (χ3v) is 26.2. The topological polar surface area (TPSA) is 22.2 Å². The molecular formula is C102H82B2N4OS. The minimum absolute atomic E-state index is 0.0102. The zero-order valence-corrected chi connectivity index (χ0v) is 62.2. The van der Waals surface area contributed by atoms with Crippen molar-refractivity contribution in [1.29, 1.82) is 0 Å². The lowest BCUT2D eigenvalue weighted by molar-refractivity contribution is 0.371. The second-order valence-electron chi connectivity index (χ2n) is 30.9. The molecule has 0 saturated carbocycles. The fourth-order valence-corrected chi connectivity index (χ4v) is 21.4. The SMILES string of the molecule is C1=CCC(c2ccccc2N(c2ccc(-c3ccccc3)cc2)c2cc3c4c(c2)SC2C=C5C(=CC2B4c2ccccc2O3)B2c3ccccc3N(c3ccccc3)C3=CC(N(c4ccccc4-c4ccccc4)C4C=CC(C6C=CCCC6)CC4)=CC(C23)N5c2c(-c3ccccc3)cccc2-c2ccccc2)C=C1. The van der Waals surface area contributed by atoms with Gasteiger partial charge in [0.15, 0.2) is 0 Å². The van der Waals surface area contributed by atoms with Gasteiger partial charge in [0.05, 0.1) is 23.5 Å². The Morgan fingerprint density at radius 2 is 1.10 bits per heavy atom. The van der Waals surface area contributed by atoms with Crippen LogP contribution in [-0.4, -0.2) is 30.8 Å². The Bertz CT molecular complexity index is 5730. The van der Waals surface area contributed by atoms with Crippen LogP contribution in [0.4, 0.5) is 39.8 Å². The summed E-state index contributed by atoms with van der Waals surface area (Å²) in [5.74, 6) is 3.08. The van der Waals surface area contributed by atoms with Crippen molar-refractivity contribution in [3.63, 3.8) is 0 Å². The van der Waals surface area contributed by atoms with Gasteiger partial charge in [0.2, 0.25) is 13.4 Å². The highest BCUT2D eigenvalue weighted by molar-refractivity contribution is 8.00. The van der Waals surface area contributed by atoms with Crippen molar-refractivity contribution < 1.29 is 4.74 Å². The first kappa shape index (κ1) is 66.3. The molecule has 5 aliphatic carbocycles. The Morgan fingerprint density at radius 3 is 1.81 bits per heavy atom. The normalized spacial score (nSPS) is 21.5. The summed E-state index contributed by atoms with van der Waals surface area (Å²) < 4.78 is 7.45. The van der Waals surface area contributed by atoms with E-state index in [4.69, 9.17) is 4.74 Å². The highest BCUT2D eigenvalue weighted by atomic mass is 32.2. The number of allylic oxidation sites excluding steroid dienone is 10. The number of benzene rings is 12. The van der Waals surface area contributed by atoms with E-state index in [1.807, 2.05) is 11.8 Å². The van der Waals surface area contributed by atoms with Crippen molar-refractivity contribution in [2.75, 3.05) is 19.6 Å². The molecule has 1 saturated heterocycles. The second kappa shape index (κ2) is 28.2. The zero-order chi connectivity index (χ0) is 72.6. The monoisotopic (exact) mass is 1430 g/mol. The van der Waals surface area contributed by atoms with Crippen LogP contribution in [0.25, 0.3) is 44.5 Å². The van der Waals surface area contributed by atoms with E-state index >= 15 is 0 Å². The summed E-state index contributed by atoms with van der Waals surface area (Å²) in [6.45, 7) is -0.0669. The molecule has 0 spiro atoms. The van der Waals surface area contributed by atoms with E-state index in [1.165, 1.54) is 130 Å². The zero-order valence-electron chi connectivity index (χ0n) is 61.4. The Hall–Kier alpha value is -12.0. The number of anilines is 7. The van der Waals surface area contributed by atoms with Crippen molar-refractivity contribution in [1.82, 2.24) is 0 Å². The molecule has 21 rings (SSSR count). The highest BCUT2D eigenvalue weighted by Gasteiger charge is 2.58. The predicted molar refractivity (Wildman–Crippen MR) is 464 cm³/mol. The molecule has 9 aliphatic rings. The number of hydrogen-bond donors (Lipinski definition) is 0. The van der Waals surface area contributed by atoms with E-state index in [2.05, 4.69) is 396 Å². The van der Waals surface area contributed by atoms with Gasteiger partial charge in [-0.2, -0.15) is 0 Å². The number of fused-ring (bicyclic) bond motifs is 8. The first-order valence-corrected chi connectivity index (χ1v) is 40.6. The van der Waals surface area contributed by atoms with Crippen molar-refractivity contribution in [3.05, 3.63) is 404 Å². The van der Waals surface area contributed by atoms with Crippen LogP contribution in [0.2, 0.25) is 11.6 Å². The summed E-state index contributed by atoms with van der Waals surface area (Å²) in [6.07, 6.45) is 37.0. The molecule has 8 heteroatoms. The molecule has 0 amide bonds. The predicted octanol–water partition coefficient (Wildman–Crippen LogP) is 24.1. The maximum absolute atomic E-state index is 7.45. The first-order chi connectivity index (χ1) is 54.6. The molecule has 0 bridgehead atoms. The fraction of sp³-hybridized carbons (Fsp3) is 0.137. The minimum atomic E-state index is -0.222. The summed E-state index contributed by atoms with van der Waals surface area (Å²) in [5, 5.41) is -0.0102. The highest BCUT2D eigenvalue weighted by Crippen LogP contribution is 2.60. The van der Waals surface area contributed by atoms with Crippen molar-refractivity contribution in [2.45, 2.75) is 78.3 Å². The Morgan fingerprint density at radius 1 is 0.464 bits per heavy atom. The quantitative estimate of drug-likeness (QED) is 0.0794. The lowest BCUT2D eigenvalue weighted by Crippen LogP contribution is -2.62. The van der Waals surface area contributed by atoms with Gasteiger partial charge in [-0.05, 0) is 179 Å². The Labute approximate surface area is 651 Å². The molecule has 4 aliphatic heterocycles. The molecule has 12 aromatic carbocycles.